The predicted octanol–water partition coefficient (Wildman–Crippen LogP) is 3.63. The zero-order valence-electron chi connectivity index (χ0n) is 17.6. The molecule has 1 N–H and O–H groups in total. The molecule has 0 bridgehead atoms. The molecule has 1 heterocycles. The SMILES string of the molecule is O=C(CCOc1cccc(C(F)(F)F)c1)CNC1CCN(S(=O)(=O)c2ccc(F)cc2)CC1. The minimum Gasteiger partial charge on any atom is -0.493 e. The summed E-state index contributed by atoms with van der Waals surface area (Å²) in [6.45, 7) is 0.548. The van der Waals surface area contributed by atoms with E-state index in [9.17, 15) is 30.8 Å². The van der Waals surface area contributed by atoms with Crippen LogP contribution in [-0.4, -0.2) is 50.8 Å². The molecule has 0 spiro atoms. The summed E-state index contributed by atoms with van der Waals surface area (Å²) in [5.41, 5.74) is -0.819. The number of piperidine rings is 1. The van der Waals surface area contributed by atoms with Gasteiger partial charge in [-0.25, -0.2) is 12.8 Å². The van der Waals surface area contributed by atoms with Gasteiger partial charge in [0.05, 0.1) is 23.6 Å². The maximum atomic E-state index is 13.0. The highest BCUT2D eigenvalue weighted by molar-refractivity contribution is 7.89. The van der Waals surface area contributed by atoms with Crippen LogP contribution in [0.1, 0.15) is 24.8 Å². The van der Waals surface area contributed by atoms with Gasteiger partial charge in [0.15, 0.2) is 0 Å². The lowest BCUT2D eigenvalue weighted by Crippen LogP contribution is -2.46. The summed E-state index contributed by atoms with van der Waals surface area (Å²) in [7, 11) is -3.70. The molecule has 0 aliphatic carbocycles. The lowest BCUT2D eigenvalue weighted by molar-refractivity contribution is -0.137. The van der Waals surface area contributed by atoms with Crippen molar-refractivity contribution < 1.29 is 35.5 Å². The van der Waals surface area contributed by atoms with Crippen molar-refractivity contribution >= 4 is 15.8 Å². The zero-order valence-corrected chi connectivity index (χ0v) is 18.5. The molecule has 1 aliphatic rings. The first kappa shape index (κ1) is 25.1. The number of sulfonamides is 1. The number of ketones is 1. The van der Waals surface area contributed by atoms with Crippen LogP contribution in [0, 0.1) is 5.82 Å². The number of ether oxygens (including phenoxy) is 1. The molecule has 180 valence electrons. The number of nitrogens with one attached hydrogen (secondary N) is 1. The van der Waals surface area contributed by atoms with E-state index in [1.54, 1.807) is 0 Å². The molecule has 0 aromatic heterocycles. The van der Waals surface area contributed by atoms with Gasteiger partial charge >= 0.3 is 6.18 Å². The molecule has 0 saturated carbocycles. The predicted molar refractivity (Wildman–Crippen MR) is 113 cm³/mol. The Labute approximate surface area is 189 Å². The lowest BCUT2D eigenvalue weighted by atomic mass is 10.1. The Balaban J connectivity index is 1.38. The molecule has 1 fully saturated rings. The zero-order chi connectivity index (χ0) is 24.1. The van der Waals surface area contributed by atoms with Crippen molar-refractivity contribution in [2.75, 3.05) is 26.2 Å². The Morgan fingerprint density at radius 3 is 2.39 bits per heavy atom. The van der Waals surface area contributed by atoms with E-state index < -0.39 is 27.6 Å². The third-order valence-electron chi connectivity index (χ3n) is 5.30. The number of benzene rings is 2. The monoisotopic (exact) mass is 488 g/mol. The fraction of sp³-hybridized carbons (Fsp3) is 0.409. The number of rotatable bonds is 9. The number of nitrogens with zero attached hydrogens (tertiary/aromatic N) is 1. The highest BCUT2D eigenvalue weighted by Gasteiger charge is 2.31. The van der Waals surface area contributed by atoms with E-state index in [4.69, 9.17) is 4.74 Å². The first-order valence-electron chi connectivity index (χ1n) is 10.4. The summed E-state index contributed by atoms with van der Waals surface area (Å²) in [6.07, 6.45) is -3.42. The van der Waals surface area contributed by atoms with E-state index in [1.807, 2.05) is 0 Å². The minimum absolute atomic E-state index is 0.0288. The van der Waals surface area contributed by atoms with Gasteiger partial charge in [-0.15, -0.1) is 0 Å². The van der Waals surface area contributed by atoms with Crippen molar-refractivity contribution in [3.05, 3.63) is 59.9 Å². The largest absolute Gasteiger partial charge is 0.493 e. The Bertz CT molecular complexity index is 1050. The van der Waals surface area contributed by atoms with Crippen LogP contribution >= 0.6 is 0 Å². The maximum Gasteiger partial charge on any atom is 0.416 e. The topological polar surface area (TPSA) is 75.7 Å². The number of halogens is 4. The molecule has 0 unspecified atom stereocenters. The number of Topliss-reactive ketones (excluding diaryl/α,β-unsaturated/α-hetero) is 1. The smallest absolute Gasteiger partial charge is 0.416 e. The van der Waals surface area contributed by atoms with E-state index in [1.165, 1.54) is 28.6 Å². The van der Waals surface area contributed by atoms with Crippen LogP contribution in [0.2, 0.25) is 0 Å². The second-order valence-electron chi connectivity index (χ2n) is 7.68. The number of alkyl halides is 3. The van der Waals surface area contributed by atoms with Crippen LogP contribution in [0.5, 0.6) is 5.75 Å². The normalized spacial score (nSPS) is 16.0. The first-order chi connectivity index (χ1) is 15.6. The van der Waals surface area contributed by atoms with Crippen LogP contribution in [0.4, 0.5) is 17.6 Å². The minimum atomic E-state index is -4.47. The van der Waals surface area contributed by atoms with E-state index in [0.717, 1.165) is 24.3 Å². The molecule has 1 aliphatic heterocycles. The lowest BCUT2D eigenvalue weighted by Gasteiger charge is -2.31. The van der Waals surface area contributed by atoms with E-state index >= 15 is 0 Å². The molecule has 1 saturated heterocycles. The molecule has 0 atom stereocenters. The molecule has 2 aromatic carbocycles. The summed E-state index contributed by atoms with van der Waals surface area (Å²) in [5, 5.41) is 3.09. The molecule has 2 aromatic rings. The van der Waals surface area contributed by atoms with Crippen LogP contribution in [-0.2, 0) is 21.0 Å². The molecule has 33 heavy (non-hydrogen) atoms. The fourth-order valence-corrected chi connectivity index (χ4v) is 4.92. The van der Waals surface area contributed by atoms with Crippen LogP contribution < -0.4 is 10.1 Å². The summed E-state index contributed by atoms with van der Waals surface area (Å²) in [5.74, 6) is -0.634. The van der Waals surface area contributed by atoms with Gasteiger partial charge in [-0.1, -0.05) is 6.07 Å². The van der Waals surface area contributed by atoms with E-state index in [-0.39, 0.29) is 55.1 Å². The summed E-state index contributed by atoms with van der Waals surface area (Å²) < 4.78 is 83.1. The molecule has 0 radical (unpaired) electrons. The van der Waals surface area contributed by atoms with Gasteiger partial charge < -0.3 is 10.1 Å². The highest BCUT2D eigenvalue weighted by atomic mass is 32.2. The van der Waals surface area contributed by atoms with Crippen molar-refractivity contribution in [2.24, 2.45) is 0 Å². The Hall–Kier alpha value is -2.50. The second-order valence-corrected chi connectivity index (χ2v) is 9.61. The summed E-state index contributed by atoms with van der Waals surface area (Å²) in [6, 6.07) is 9.08. The van der Waals surface area contributed by atoms with Crippen molar-refractivity contribution in [3.8, 4) is 5.75 Å². The summed E-state index contributed by atoms with van der Waals surface area (Å²) in [4.78, 5) is 12.1. The third-order valence-corrected chi connectivity index (χ3v) is 7.22. The van der Waals surface area contributed by atoms with Crippen molar-refractivity contribution in [1.82, 2.24) is 9.62 Å². The third kappa shape index (κ3) is 6.99. The van der Waals surface area contributed by atoms with Crippen molar-refractivity contribution in [3.63, 3.8) is 0 Å². The average Bonchev–Trinajstić information content (AvgIpc) is 2.78. The van der Waals surface area contributed by atoms with Crippen LogP contribution in [0.25, 0.3) is 0 Å². The molecule has 6 nitrogen and oxygen atoms in total. The maximum absolute atomic E-state index is 13.0. The number of carbonyl (C=O) groups excluding carboxylic acids is 1. The van der Waals surface area contributed by atoms with Crippen molar-refractivity contribution in [1.29, 1.82) is 0 Å². The van der Waals surface area contributed by atoms with E-state index in [0.29, 0.717) is 12.8 Å². The number of carbonyl (C=O) groups is 1. The highest BCUT2D eigenvalue weighted by Crippen LogP contribution is 2.31. The van der Waals surface area contributed by atoms with Crippen LogP contribution in [0.3, 0.4) is 0 Å². The van der Waals surface area contributed by atoms with Gasteiger partial charge in [0.1, 0.15) is 17.3 Å². The molecular weight excluding hydrogens is 464 g/mol. The number of hydrogen-bond acceptors (Lipinski definition) is 5. The second kappa shape index (κ2) is 10.6. The van der Waals surface area contributed by atoms with E-state index in [2.05, 4.69) is 5.32 Å². The Kier molecular flexibility index (Phi) is 8.09. The molecule has 0 amide bonds. The first-order valence-corrected chi connectivity index (χ1v) is 11.8. The molecular formula is C22H24F4N2O4S. The van der Waals surface area contributed by atoms with Gasteiger partial charge in [-0.2, -0.15) is 17.5 Å². The van der Waals surface area contributed by atoms with Crippen molar-refractivity contribution in [2.45, 2.75) is 36.4 Å². The fourth-order valence-electron chi connectivity index (χ4n) is 3.45. The number of hydrogen-bond donors (Lipinski definition) is 1. The van der Waals surface area contributed by atoms with Crippen LogP contribution in [0.15, 0.2) is 53.4 Å². The van der Waals surface area contributed by atoms with Gasteiger partial charge in [0.25, 0.3) is 0 Å². The standard InChI is InChI=1S/C22H24F4N2O4S/c23-17-4-6-21(7-5-17)33(30,31)28-11-8-18(9-12-28)27-15-19(29)10-13-32-20-3-1-2-16(14-20)22(24,25)26/h1-7,14,18,27H,8-13,15H2. The molecule has 3 rings (SSSR count). The quantitative estimate of drug-likeness (QED) is 0.546. The van der Waals surface area contributed by atoms with Gasteiger partial charge in [-0.05, 0) is 55.3 Å². The average molecular weight is 489 g/mol. The van der Waals surface area contributed by atoms with Gasteiger partial charge in [-0.3, -0.25) is 4.79 Å². The van der Waals surface area contributed by atoms with Gasteiger partial charge in [0, 0.05) is 25.6 Å². The summed E-state index contributed by atoms with van der Waals surface area (Å²) >= 11 is 0. The Morgan fingerprint density at radius 1 is 1.09 bits per heavy atom. The Morgan fingerprint density at radius 2 is 1.76 bits per heavy atom. The molecule has 11 heteroatoms. The van der Waals surface area contributed by atoms with Gasteiger partial charge in [0.2, 0.25) is 10.0 Å².